The lowest BCUT2D eigenvalue weighted by atomic mass is 10.0. The molecule has 1 N–H and O–H groups in total. The van der Waals surface area contributed by atoms with Gasteiger partial charge in [-0.15, -0.1) is 0 Å². The third kappa shape index (κ3) is 7.83. The van der Waals surface area contributed by atoms with Crippen LogP contribution >= 0.6 is 11.6 Å². The monoisotopic (exact) mass is 557 g/mol. The molecule has 7 nitrogen and oxygen atoms in total. The van der Waals surface area contributed by atoms with E-state index in [2.05, 4.69) is 10.3 Å². The zero-order valence-electron chi connectivity index (χ0n) is 22.5. The number of carbonyl (C=O) groups is 2. The molecule has 0 radical (unpaired) electrons. The lowest BCUT2D eigenvalue weighted by Crippen LogP contribution is -2.50. The number of hydrogen-bond donors (Lipinski definition) is 1. The summed E-state index contributed by atoms with van der Waals surface area (Å²) in [6, 6.07) is 25.3. The second kappa shape index (κ2) is 14.1. The Kier molecular flexibility index (Phi) is 10.1. The van der Waals surface area contributed by atoms with Crippen LogP contribution in [0, 0.1) is 0 Å². The van der Waals surface area contributed by atoms with Crippen LogP contribution in [0.3, 0.4) is 0 Å². The molecule has 4 rings (SSSR count). The molecule has 1 atom stereocenters. The summed E-state index contributed by atoms with van der Waals surface area (Å²) in [5.41, 5.74) is 3.43. The molecule has 1 heterocycles. The maximum Gasteiger partial charge on any atom is 0.243 e. The first-order valence-corrected chi connectivity index (χ1v) is 13.3. The largest absolute Gasteiger partial charge is 0.493 e. The molecule has 0 aliphatic rings. The highest BCUT2D eigenvalue weighted by Crippen LogP contribution is 2.28. The van der Waals surface area contributed by atoms with Crippen LogP contribution in [0.1, 0.15) is 22.3 Å². The number of ether oxygens (including phenoxy) is 2. The van der Waals surface area contributed by atoms with Gasteiger partial charge in [0.1, 0.15) is 6.04 Å². The van der Waals surface area contributed by atoms with E-state index in [9.17, 15) is 9.59 Å². The topological polar surface area (TPSA) is 80.8 Å². The van der Waals surface area contributed by atoms with Crippen molar-refractivity contribution in [1.82, 2.24) is 15.2 Å². The van der Waals surface area contributed by atoms with Gasteiger partial charge in [-0.3, -0.25) is 14.6 Å². The van der Waals surface area contributed by atoms with E-state index >= 15 is 0 Å². The zero-order chi connectivity index (χ0) is 28.3. The summed E-state index contributed by atoms with van der Waals surface area (Å²) in [6.45, 7) is 0.539. The van der Waals surface area contributed by atoms with Crippen molar-refractivity contribution in [3.63, 3.8) is 0 Å². The summed E-state index contributed by atoms with van der Waals surface area (Å²) in [7, 11) is 3.12. The van der Waals surface area contributed by atoms with Crippen molar-refractivity contribution in [2.24, 2.45) is 0 Å². The van der Waals surface area contributed by atoms with E-state index in [-0.39, 0.29) is 24.8 Å². The molecular weight excluding hydrogens is 526 g/mol. The standard InChI is InChI=1S/C32H32ClN3O4/c1-39-29-15-12-25(18-30(29)40-2)19-31(37)36(22-24-10-13-27(33)14-11-24)28(17-23-7-4-3-5-8-23)32(38)35-21-26-9-6-16-34-20-26/h3-16,18,20,28H,17,19,21-22H2,1-2H3,(H,35,38)/t28-/m1/s1. The minimum atomic E-state index is -0.762. The van der Waals surface area contributed by atoms with Crippen LogP contribution in [0.2, 0.25) is 5.02 Å². The fraction of sp³-hybridized carbons (Fsp3) is 0.219. The van der Waals surface area contributed by atoms with Crippen molar-refractivity contribution in [2.75, 3.05) is 14.2 Å². The fourth-order valence-corrected chi connectivity index (χ4v) is 4.54. The molecule has 4 aromatic rings. The van der Waals surface area contributed by atoms with E-state index < -0.39 is 6.04 Å². The van der Waals surface area contributed by atoms with Gasteiger partial charge in [0, 0.05) is 36.9 Å². The molecule has 0 saturated heterocycles. The maximum absolute atomic E-state index is 14.0. The molecule has 0 aliphatic heterocycles. The number of pyridine rings is 1. The Bertz CT molecular complexity index is 1400. The first kappa shape index (κ1) is 28.6. The summed E-state index contributed by atoms with van der Waals surface area (Å²) in [6.07, 6.45) is 3.82. The predicted octanol–water partition coefficient (Wildman–Crippen LogP) is 5.25. The highest BCUT2D eigenvalue weighted by molar-refractivity contribution is 6.30. The number of benzene rings is 3. The highest BCUT2D eigenvalue weighted by atomic mass is 35.5. The third-order valence-corrected chi connectivity index (χ3v) is 6.78. The quantitative estimate of drug-likeness (QED) is 0.257. The van der Waals surface area contributed by atoms with Gasteiger partial charge in [0.15, 0.2) is 11.5 Å². The molecule has 0 saturated carbocycles. The van der Waals surface area contributed by atoms with E-state index in [0.29, 0.717) is 29.5 Å². The van der Waals surface area contributed by atoms with E-state index in [1.54, 1.807) is 55.8 Å². The van der Waals surface area contributed by atoms with Crippen molar-refractivity contribution in [3.8, 4) is 11.5 Å². The number of hydrogen-bond acceptors (Lipinski definition) is 5. The Morgan fingerprint density at radius 2 is 1.55 bits per heavy atom. The summed E-state index contributed by atoms with van der Waals surface area (Å²) in [5, 5.41) is 3.62. The first-order chi connectivity index (χ1) is 19.5. The van der Waals surface area contributed by atoms with Crippen molar-refractivity contribution in [3.05, 3.63) is 125 Å². The zero-order valence-corrected chi connectivity index (χ0v) is 23.3. The van der Waals surface area contributed by atoms with Crippen molar-refractivity contribution >= 4 is 23.4 Å². The molecule has 206 valence electrons. The smallest absolute Gasteiger partial charge is 0.243 e. The molecule has 3 aromatic carbocycles. The molecule has 0 aliphatic carbocycles. The van der Waals surface area contributed by atoms with Crippen LogP contribution in [-0.4, -0.2) is 42.0 Å². The first-order valence-electron chi connectivity index (χ1n) is 12.9. The predicted molar refractivity (Wildman–Crippen MR) is 155 cm³/mol. The van der Waals surface area contributed by atoms with E-state index in [1.165, 1.54) is 0 Å². The number of nitrogens with one attached hydrogen (secondary N) is 1. The van der Waals surface area contributed by atoms with E-state index in [4.69, 9.17) is 21.1 Å². The number of rotatable bonds is 12. The average molecular weight is 558 g/mol. The Morgan fingerprint density at radius 1 is 0.850 bits per heavy atom. The number of halogens is 1. The SMILES string of the molecule is COc1ccc(CC(=O)N(Cc2ccc(Cl)cc2)[C@H](Cc2ccccc2)C(=O)NCc2cccnc2)cc1OC. The lowest BCUT2D eigenvalue weighted by Gasteiger charge is -2.32. The highest BCUT2D eigenvalue weighted by Gasteiger charge is 2.30. The molecule has 0 spiro atoms. The van der Waals surface area contributed by atoms with Gasteiger partial charge in [0.2, 0.25) is 11.8 Å². The normalized spacial score (nSPS) is 11.4. The van der Waals surface area contributed by atoms with Gasteiger partial charge < -0.3 is 19.7 Å². The molecule has 8 heteroatoms. The molecule has 0 fully saturated rings. The molecule has 1 aromatic heterocycles. The van der Waals surface area contributed by atoms with Gasteiger partial charge in [-0.2, -0.15) is 0 Å². The van der Waals surface area contributed by atoms with Crippen molar-refractivity contribution < 1.29 is 19.1 Å². The molecule has 40 heavy (non-hydrogen) atoms. The summed E-state index contributed by atoms with van der Waals surface area (Å²) < 4.78 is 10.8. The summed E-state index contributed by atoms with van der Waals surface area (Å²) in [4.78, 5) is 33.5. The van der Waals surface area contributed by atoms with Crippen LogP contribution < -0.4 is 14.8 Å². The maximum atomic E-state index is 14.0. The molecule has 0 bridgehead atoms. The number of carbonyl (C=O) groups excluding carboxylic acids is 2. The number of methoxy groups -OCH3 is 2. The fourth-order valence-electron chi connectivity index (χ4n) is 4.42. The van der Waals surface area contributed by atoms with Gasteiger partial charge >= 0.3 is 0 Å². The number of nitrogens with zero attached hydrogens (tertiary/aromatic N) is 2. The Morgan fingerprint density at radius 3 is 2.23 bits per heavy atom. The lowest BCUT2D eigenvalue weighted by molar-refractivity contribution is -0.140. The molecule has 2 amide bonds. The average Bonchev–Trinajstić information content (AvgIpc) is 2.99. The Balaban J connectivity index is 1.66. The van der Waals surface area contributed by atoms with Crippen LogP contribution in [0.15, 0.2) is 97.3 Å². The Hall–Kier alpha value is -4.36. The van der Waals surface area contributed by atoms with Gasteiger partial charge in [-0.05, 0) is 52.6 Å². The van der Waals surface area contributed by atoms with Gasteiger partial charge in [-0.1, -0.05) is 66.2 Å². The molecular formula is C32H32ClN3O4. The van der Waals surface area contributed by atoms with Gasteiger partial charge in [0.25, 0.3) is 0 Å². The van der Waals surface area contributed by atoms with Crippen LogP contribution in [-0.2, 0) is 35.5 Å². The van der Waals surface area contributed by atoms with Crippen LogP contribution in [0.4, 0.5) is 0 Å². The number of amides is 2. The van der Waals surface area contributed by atoms with E-state index in [0.717, 1.165) is 22.3 Å². The Labute approximate surface area is 239 Å². The minimum absolute atomic E-state index is 0.0785. The molecule has 0 unspecified atom stereocenters. The number of aromatic nitrogens is 1. The summed E-state index contributed by atoms with van der Waals surface area (Å²) >= 11 is 6.12. The van der Waals surface area contributed by atoms with Crippen LogP contribution in [0.25, 0.3) is 0 Å². The second-order valence-electron chi connectivity index (χ2n) is 9.30. The van der Waals surface area contributed by atoms with Crippen LogP contribution in [0.5, 0.6) is 11.5 Å². The van der Waals surface area contributed by atoms with Crippen molar-refractivity contribution in [2.45, 2.75) is 32.0 Å². The van der Waals surface area contributed by atoms with Gasteiger partial charge in [0.05, 0.1) is 20.6 Å². The summed E-state index contributed by atoms with van der Waals surface area (Å²) in [5.74, 6) is 0.669. The second-order valence-corrected chi connectivity index (χ2v) is 9.74. The third-order valence-electron chi connectivity index (χ3n) is 6.53. The van der Waals surface area contributed by atoms with Gasteiger partial charge in [-0.25, -0.2) is 0 Å². The minimum Gasteiger partial charge on any atom is -0.493 e. The van der Waals surface area contributed by atoms with E-state index in [1.807, 2.05) is 60.7 Å². The van der Waals surface area contributed by atoms with Crippen molar-refractivity contribution in [1.29, 1.82) is 0 Å².